The van der Waals surface area contributed by atoms with E-state index in [2.05, 4.69) is 208 Å². The minimum absolute atomic E-state index is 0.0554. The predicted octanol–water partition coefficient (Wildman–Crippen LogP) is 14.2. The molecule has 0 radical (unpaired) electrons. The third kappa shape index (κ3) is 5.95. The molecule has 2 aliphatic heterocycles. The number of hydrogen-bond donors (Lipinski definition) is 0. The number of nitrogens with zero attached hydrogens (tertiary/aromatic N) is 2. The Morgan fingerprint density at radius 1 is 0.567 bits per heavy atom. The maximum absolute atomic E-state index is 2.66. The van der Waals surface area contributed by atoms with Crippen LogP contribution in [0.4, 0.5) is 34.1 Å². The molecule has 7 aromatic rings. The quantitative estimate of drug-likeness (QED) is 0.164. The van der Waals surface area contributed by atoms with Crippen LogP contribution >= 0.6 is 11.3 Å². The summed E-state index contributed by atoms with van der Waals surface area (Å²) >= 11 is 2.00. The van der Waals surface area contributed by atoms with E-state index in [1.165, 1.54) is 117 Å². The summed E-state index contributed by atoms with van der Waals surface area (Å²) in [6.45, 7) is 28.4. The van der Waals surface area contributed by atoms with Gasteiger partial charge in [-0.3, -0.25) is 0 Å². The normalized spacial score (nSPS) is 16.4. The predicted molar refractivity (Wildman–Crippen MR) is 263 cm³/mol. The van der Waals surface area contributed by atoms with Crippen LogP contribution in [0.5, 0.6) is 0 Å². The highest BCUT2D eigenvalue weighted by molar-refractivity contribution is 7.33. The summed E-state index contributed by atoms with van der Waals surface area (Å²) < 4.78 is 2.78. The van der Waals surface area contributed by atoms with Crippen LogP contribution in [0, 0.1) is 13.8 Å². The minimum atomic E-state index is 0.0554. The first-order valence-corrected chi connectivity index (χ1v) is 22.9. The van der Waals surface area contributed by atoms with Gasteiger partial charge in [0.2, 0.25) is 0 Å². The molecule has 0 bridgehead atoms. The van der Waals surface area contributed by atoms with Crippen molar-refractivity contribution in [2.24, 2.45) is 0 Å². The molecule has 10 rings (SSSR count). The molecule has 60 heavy (non-hydrogen) atoms. The Kier molecular flexibility index (Phi) is 8.62. The van der Waals surface area contributed by atoms with Crippen LogP contribution in [0.25, 0.3) is 21.2 Å². The van der Waals surface area contributed by atoms with E-state index < -0.39 is 0 Å². The van der Waals surface area contributed by atoms with Gasteiger partial charge in [0.15, 0.2) is 0 Å². The smallest absolute Gasteiger partial charge is 0.264 e. The van der Waals surface area contributed by atoms with Crippen molar-refractivity contribution in [2.45, 2.75) is 118 Å². The molecular weight excluding hydrogens is 744 g/mol. The molecule has 0 spiro atoms. The average Bonchev–Trinajstić information content (AvgIpc) is 3.57. The van der Waals surface area contributed by atoms with Gasteiger partial charge >= 0.3 is 0 Å². The standard InChI is InChI=1S/C56H59BN2S/c1-34-29-47-50-48(30-34)59(46-33-43-42(55(9,10)27-28-56(43,11)12)32-41(46)39-18-14-13-17-35(39)2)45-20-16-15-19-44(45)57(50)52-51(40-26-23-37(54(6,7)8)31-49(40)60-52)58(47)38-24-21-36(22-25-38)53(3,4)5/h13-26,29-33H,27-28H2,1-12H3. The van der Waals surface area contributed by atoms with E-state index >= 15 is 0 Å². The van der Waals surface area contributed by atoms with Crippen molar-refractivity contribution >= 4 is 78.0 Å². The fourth-order valence-electron chi connectivity index (χ4n) is 10.6. The van der Waals surface area contributed by atoms with Crippen LogP contribution in [0.1, 0.15) is 115 Å². The van der Waals surface area contributed by atoms with Gasteiger partial charge in [-0.2, -0.15) is 0 Å². The maximum Gasteiger partial charge on any atom is 0.264 e. The Balaban J connectivity index is 1.31. The molecule has 3 heterocycles. The lowest BCUT2D eigenvalue weighted by Gasteiger charge is -2.46. The Morgan fingerprint density at radius 2 is 1.17 bits per heavy atom. The van der Waals surface area contributed by atoms with Crippen molar-refractivity contribution in [1.82, 2.24) is 0 Å². The highest BCUT2D eigenvalue weighted by atomic mass is 32.1. The van der Waals surface area contributed by atoms with E-state index in [0.29, 0.717) is 0 Å². The summed E-state index contributed by atoms with van der Waals surface area (Å²) in [4.78, 5) is 5.28. The first-order valence-electron chi connectivity index (χ1n) is 22.1. The zero-order chi connectivity index (χ0) is 42.3. The second-order valence-corrected chi connectivity index (χ2v) is 22.5. The van der Waals surface area contributed by atoms with E-state index in [1.807, 2.05) is 11.3 Å². The number of hydrogen-bond acceptors (Lipinski definition) is 3. The van der Waals surface area contributed by atoms with Crippen molar-refractivity contribution in [3.63, 3.8) is 0 Å². The number of rotatable bonds is 3. The van der Waals surface area contributed by atoms with Crippen LogP contribution < -0.4 is 25.5 Å². The van der Waals surface area contributed by atoms with Crippen LogP contribution in [0.2, 0.25) is 0 Å². The monoisotopic (exact) mass is 802 g/mol. The van der Waals surface area contributed by atoms with Gasteiger partial charge in [-0.1, -0.05) is 136 Å². The fourth-order valence-corrected chi connectivity index (χ4v) is 11.9. The molecule has 0 unspecified atom stereocenters. The summed E-state index contributed by atoms with van der Waals surface area (Å²) in [6.07, 6.45) is 2.35. The molecule has 2 nitrogen and oxygen atoms in total. The first-order chi connectivity index (χ1) is 28.3. The summed E-state index contributed by atoms with van der Waals surface area (Å²) in [7, 11) is 0. The molecule has 1 aliphatic carbocycles. The number of fused-ring (bicyclic) bond motifs is 7. The van der Waals surface area contributed by atoms with Crippen molar-refractivity contribution in [2.75, 3.05) is 9.80 Å². The van der Waals surface area contributed by atoms with Gasteiger partial charge in [0.05, 0.1) is 11.4 Å². The Morgan fingerprint density at radius 3 is 1.83 bits per heavy atom. The highest BCUT2D eigenvalue weighted by Crippen LogP contribution is 2.54. The van der Waals surface area contributed by atoms with Gasteiger partial charge < -0.3 is 9.80 Å². The Bertz CT molecular complexity index is 2880. The lowest BCUT2D eigenvalue weighted by molar-refractivity contribution is 0.332. The van der Waals surface area contributed by atoms with Gasteiger partial charge in [0.1, 0.15) is 0 Å². The maximum atomic E-state index is 2.66. The lowest BCUT2D eigenvalue weighted by Crippen LogP contribution is -2.60. The van der Waals surface area contributed by atoms with Crippen molar-refractivity contribution in [1.29, 1.82) is 0 Å². The molecule has 0 fully saturated rings. The van der Waals surface area contributed by atoms with E-state index in [1.54, 1.807) is 0 Å². The highest BCUT2D eigenvalue weighted by Gasteiger charge is 2.46. The number of benzene rings is 6. The van der Waals surface area contributed by atoms with Gasteiger partial charge in [-0.15, -0.1) is 11.3 Å². The van der Waals surface area contributed by atoms with Crippen molar-refractivity contribution in [3.05, 3.63) is 149 Å². The molecule has 0 N–H and O–H groups in total. The molecule has 3 aliphatic rings. The number of aryl methyl sites for hydroxylation is 2. The Hall–Kier alpha value is -5.06. The van der Waals surface area contributed by atoms with Crippen LogP contribution in [0.15, 0.2) is 115 Å². The summed E-state index contributed by atoms with van der Waals surface area (Å²) in [5.41, 5.74) is 21.5. The third-order valence-electron chi connectivity index (χ3n) is 14.2. The first kappa shape index (κ1) is 39.1. The largest absolute Gasteiger partial charge is 0.311 e. The van der Waals surface area contributed by atoms with E-state index in [-0.39, 0.29) is 28.4 Å². The van der Waals surface area contributed by atoms with Crippen molar-refractivity contribution < 1.29 is 0 Å². The second-order valence-electron chi connectivity index (χ2n) is 21.4. The van der Waals surface area contributed by atoms with Gasteiger partial charge in [0.25, 0.3) is 6.71 Å². The summed E-state index contributed by atoms with van der Waals surface area (Å²) in [6, 6.07) is 45.2. The molecule has 6 aromatic carbocycles. The summed E-state index contributed by atoms with van der Waals surface area (Å²) in [5, 5.41) is 1.33. The van der Waals surface area contributed by atoms with Crippen LogP contribution in [-0.4, -0.2) is 6.71 Å². The minimum Gasteiger partial charge on any atom is -0.311 e. The number of anilines is 6. The SMILES string of the molecule is Cc1cc2c3c(c1)N(c1ccc(C(C)(C)C)cc1)c1c(sc4cc(C(C)(C)C)ccc14)B3c1ccccc1N2c1cc2c(cc1-c1ccccc1C)C(C)(C)CCC2(C)C. The molecule has 0 amide bonds. The Labute approximate surface area is 363 Å². The molecule has 0 saturated carbocycles. The lowest BCUT2D eigenvalue weighted by atomic mass is 9.36. The fraction of sp³-hybridized carbons (Fsp3) is 0.321. The van der Waals surface area contributed by atoms with E-state index in [9.17, 15) is 0 Å². The van der Waals surface area contributed by atoms with Crippen LogP contribution in [-0.2, 0) is 21.7 Å². The van der Waals surface area contributed by atoms with Crippen LogP contribution in [0.3, 0.4) is 0 Å². The topological polar surface area (TPSA) is 6.48 Å². The van der Waals surface area contributed by atoms with E-state index in [0.717, 1.165) is 0 Å². The molecular formula is C56H59BN2S. The van der Waals surface area contributed by atoms with Crippen molar-refractivity contribution in [3.8, 4) is 11.1 Å². The molecule has 1 aromatic heterocycles. The third-order valence-corrected chi connectivity index (χ3v) is 15.4. The molecule has 4 heteroatoms. The van der Waals surface area contributed by atoms with Gasteiger partial charge in [-0.25, -0.2) is 0 Å². The molecule has 302 valence electrons. The summed E-state index contributed by atoms with van der Waals surface area (Å²) in [5.74, 6) is 0. The second kappa shape index (κ2) is 13.2. The van der Waals surface area contributed by atoms with Gasteiger partial charge in [0, 0.05) is 43.2 Å². The zero-order valence-electron chi connectivity index (χ0n) is 37.8. The average molecular weight is 803 g/mol. The zero-order valence-corrected chi connectivity index (χ0v) is 38.6. The van der Waals surface area contributed by atoms with Gasteiger partial charge in [-0.05, 0) is 147 Å². The number of para-hydroxylation sites is 1. The number of thiophene rings is 1. The van der Waals surface area contributed by atoms with E-state index in [4.69, 9.17) is 0 Å². The molecule has 0 saturated heterocycles. The molecule has 0 atom stereocenters.